The summed E-state index contributed by atoms with van der Waals surface area (Å²) in [6.07, 6.45) is 0.924. The summed E-state index contributed by atoms with van der Waals surface area (Å²) in [6.45, 7) is 4.58. The molecule has 1 atom stereocenters. The number of benzene rings is 1. The van der Waals surface area contributed by atoms with E-state index in [0.717, 1.165) is 0 Å². The van der Waals surface area contributed by atoms with Gasteiger partial charge in [-0.05, 0) is 61.3 Å². The molecule has 0 spiro atoms. The third kappa shape index (κ3) is 6.78. The molecule has 3 rings (SSSR count). The lowest BCUT2D eigenvalue weighted by Crippen LogP contribution is -2.35. The normalized spacial score (nSPS) is 26.9. The Bertz CT molecular complexity index is 880. The molecule has 0 radical (unpaired) electrons. The number of hydrogen-bond donors (Lipinski definition) is 2. The summed E-state index contributed by atoms with van der Waals surface area (Å²) in [7, 11) is -2.36. The van der Waals surface area contributed by atoms with E-state index in [1.807, 2.05) is 6.92 Å². The highest BCUT2D eigenvalue weighted by atomic mass is 32.3. The standard InChI is InChI=1S/C22H32FN3O5S2/c1-3-20(32)24-12-17-14-26(22(28)31-17)16-5-6-18(19(23)11-16)15-7-9-33(29,10-8-15)25-13-21(27)30-4-2/h5-6,11,15,17,25,29H,3-4,7-10,12-14H2,1-2H3,(H,24,32)/p-1/t17-/m0/s1. The smallest absolute Gasteiger partial charge is 0.414 e. The molecule has 1 aromatic carbocycles. The largest absolute Gasteiger partial charge is 0.801 e. The number of cyclic esters (lactones) is 1. The Labute approximate surface area is 200 Å². The van der Waals surface area contributed by atoms with E-state index in [1.165, 1.54) is 11.0 Å². The molecule has 0 saturated carbocycles. The highest BCUT2D eigenvalue weighted by Gasteiger charge is 2.33. The number of esters is 1. The van der Waals surface area contributed by atoms with Crippen LogP contribution < -0.4 is 14.9 Å². The quantitative estimate of drug-likeness (QED) is 0.393. The third-order valence-electron chi connectivity index (χ3n) is 5.83. The maximum Gasteiger partial charge on any atom is 0.414 e. The number of rotatable bonds is 9. The lowest BCUT2D eigenvalue weighted by atomic mass is 9.93. The molecule has 0 aromatic heterocycles. The molecular weight excluding hydrogens is 469 g/mol. The fourth-order valence-corrected chi connectivity index (χ4v) is 6.26. The van der Waals surface area contributed by atoms with Crippen molar-refractivity contribution < 1.29 is 28.0 Å². The van der Waals surface area contributed by atoms with Gasteiger partial charge < -0.3 is 19.3 Å². The minimum atomic E-state index is -2.36. The molecule has 0 aliphatic carbocycles. The SMILES string of the molecule is CCOC(=O)CNS1([O-])CCC(c2ccc(N3C[C@H](CNC(=S)CC)OC3=O)cc2F)CC1. The van der Waals surface area contributed by atoms with Crippen molar-refractivity contribution in [3.05, 3.63) is 29.6 Å². The van der Waals surface area contributed by atoms with Gasteiger partial charge in [-0.15, -0.1) is 0 Å². The third-order valence-corrected chi connectivity index (χ3v) is 8.73. The van der Waals surface area contributed by atoms with Crippen LogP contribution in [0.4, 0.5) is 14.9 Å². The highest BCUT2D eigenvalue weighted by molar-refractivity contribution is 8.27. The Balaban J connectivity index is 1.56. The van der Waals surface area contributed by atoms with Crippen LogP contribution in [-0.4, -0.2) is 65.5 Å². The van der Waals surface area contributed by atoms with Crippen LogP contribution in [0.25, 0.3) is 0 Å². The number of carbonyl (C=O) groups excluding carboxylic acids is 2. The van der Waals surface area contributed by atoms with Crippen LogP contribution in [0, 0.1) is 5.82 Å². The second-order valence-electron chi connectivity index (χ2n) is 8.10. The maximum absolute atomic E-state index is 15.0. The van der Waals surface area contributed by atoms with Gasteiger partial charge in [0.1, 0.15) is 18.5 Å². The van der Waals surface area contributed by atoms with Crippen molar-refractivity contribution in [2.45, 2.75) is 45.1 Å². The number of halogens is 1. The zero-order chi connectivity index (χ0) is 24.0. The van der Waals surface area contributed by atoms with E-state index in [4.69, 9.17) is 21.7 Å². The van der Waals surface area contributed by atoms with Crippen molar-refractivity contribution in [3.8, 4) is 0 Å². The first-order valence-corrected chi connectivity index (χ1v) is 13.5. The van der Waals surface area contributed by atoms with Crippen molar-refractivity contribution >= 4 is 45.5 Å². The van der Waals surface area contributed by atoms with Crippen molar-refractivity contribution in [1.82, 2.24) is 10.0 Å². The van der Waals surface area contributed by atoms with E-state index in [2.05, 4.69) is 10.0 Å². The molecule has 2 aliphatic rings. The van der Waals surface area contributed by atoms with E-state index < -0.39 is 28.4 Å². The van der Waals surface area contributed by atoms with Crippen LogP contribution >= 0.6 is 22.7 Å². The van der Waals surface area contributed by atoms with Crippen LogP contribution in [0.1, 0.15) is 44.6 Å². The highest BCUT2D eigenvalue weighted by Crippen LogP contribution is 2.48. The fraction of sp³-hybridized carbons (Fsp3) is 0.591. The van der Waals surface area contributed by atoms with Gasteiger partial charge in [0.2, 0.25) is 0 Å². The van der Waals surface area contributed by atoms with E-state index in [0.29, 0.717) is 60.1 Å². The second kappa shape index (κ2) is 11.5. The lowest BCUT2D eigenvalue weighted by molar-refractivity contribution is -0.141. The van der Waals surface area contributed by atoms with Gasteiger partial charge in [0.15, 0.2) is 0 Å². The summed E-state index contributed by atoms with van der Waals surface area (Å²) in [5.74, 6) is -0.172. The van der Waals surface area contributed by atoms with E-state index in [-0.39, 0.29) is 25.2 Å². The predicted molar refractivity (Wildman–Crippen MR) is 130 cm³/mol. The first kappa shape index (κ1) is 25.7. The molecule has 1 amide bonds. The van der Waals surface area contributed by atoms with Crippen LogP contribution in [0.2, 0.25) is 0 Å². The van der Waals surface area contributed by atoms with Gasteiger partial charge in [0, 0.05) is 0 Å². The number of anilines is 1. The second-order valence-corrected chi connectivity index (χ2v) is 11.3. The molecule has 184 valence electrons. The molecule has 2 aliphatic heterocycles. The van der Waals surface area contributed by atoms with E-state index in [1.54, 1.807) is 19.1 Å². The number of amides is 1. The number of nitrogens with one attached hydrogen (secondary N) is 2. The Morgan fingerprint density at radius 2 is 2.09 bits per heavy atom. The van der Waals surface area contributed by atoms with Gasteiger partial charge in [0.05, 0.1) is 30.4 Å². The maximum atomic E-state index is 15.0. The molecule has 1 aromatic rings. The number of hydrogen-bond acceptors (Lipinski definition) is 7. The molecule has 0 unspecified atom stereocenters. The molecule has 2 fully saturated rings. The minimum Gasteiger partial charge on any atom is -0.801 e. The van der Waals surface area contributed by atoms with Gasteiger partial charge in [-0.25, -0.2) is 9.18 Å². The summed E-state index contributed by atoms with van der Waals surface area (Å²) in [5.41, 5.74) is 0.988. The first-order valence-electron chi connectivity index (χ1n) is 11.2. The molecule has 2 saturated heterocycles. The topological polar surface area (TPSA) is 103 Å². The summed E-state index contributed by atoms with van der Waals surface area (Å²) >= 11 is 5.13. The number of thiocarbonyl (C=S) groups is 1. The van der Waals surface area contributed by atoms with Gasteiger partial charge in [-0.3, -0.25) is 24.9 Å². The van der Waals surface area contributed by atoms with Gasteiger partial charge >= 0.3 is 12.1 Å². The van der Waals surface area contributed by atoms with Crippen LogP contribution in [0.15, 0.2) is 18.2 Å². The van der Waals surface area contributed by atoms with Crippen molar-refractivity contribution in [2.24, 2.45) is 0 Å². The summed E-state index contributed by atoms with van der Waals surface area (Å²) in [4.78, 5) is 25.9. The van der Waals surface area contributed by atoms with Crippen LogP contribution in [0.3, 0.4) is 0 Å². The zero-order valence-electron chi connectivity index (χ0n) is 18.9. The average Bonchev–Trinajstić information content (AvgIpc) is 3.17. The Morgan fingerprint density at radius 1 is 1.36 bits per heavy atom. The van der Waals surface area contributed by atoms with Crippen molar-refractivity contribution in [3.63, 3.8) is 0 Å². The molecule has 0 bridgehead atoms. The van der Waals surface area contributed by atoms with Crippen molar-refractivity contribution in [1.29, 1.82) is 0 Å². The molecular formula is C22H31FN3O5S2-. The predicted octanol–water partition coefficient (Wildman–Crippen LogP) is 3.36. The average molecular weight is 501 g/mol. The summed E-state index contributed by atoms with van der Waals surface area (Å²) in [6, 6.07) is 4.77. The Hall–Kier alpha value is -1.95. The summed E-state index contributed by atoms with van der Waals surface area (Å²) in [5, 5.41) is 3.06. The van der Waals surface area contributed by atoms with Gasteiger partial charge in [-0.1, -0.05) is 25.2 Å². The van der Waals surface area contributed by atoms with Crippen LogP contribution in [0.5, 0.6) is 0 Å². The Kier molecular flexibility index (Phi) is 8.91. The number of ether oxygens (including phenoxy) is 2. The Morgan fingerprint density at radius 3 is 2.73 bits per heavy atom. The first-order chi connectivity index (χ1) is 15.7. The summed E-state index contributed by atoms with van der Waals surface area (Å²) < 4.78 is 40.9. The number of carbonyl (C=O) groups is 2. The monoisotopic (exact) mass is 500 g/mol. The lowest BCUT2D eigenvalue weighted by Gasteiger charge is -2.52. The van der Waals surface area contributed by atoms with Gasteiger partial charge in [-0.2, -0.15) is 0 Å². The molecule has 11 heteroatoms. The van der Waals surface area contributed by atoms with Gasteiger partial charge in [0.25, 0.3) is 0 Å². The van der Waals surface area contributed by atoms with Crippen LogP contribution in [-0.2, 0) is 14.3 Å². The number of nitrogens with zero attached hydrogens (tertiary/aromatic N) is 1. The molecule has 2 heterocycles. The fourth-order valence-electron chi connectivity index (χ4n) is 3.98. The zero-order valence-corrected chi connectivity index (χ0v) is 20.6. The molecule has 2 N–H and O–H groups in total. The molecule has 8 nitrogen and oxygen atoms in total. The van der Waals surface area contributed by atoms with E-state index >= 15 is 0 Å². The molecule has 33 heavy (non-hydrogen) atoms. The minimum absolute atomic E-state index is 0.0736. The van der Waals surface area contributed by atoms with E-state index in [9.17, 15) is 18.5 Å². The van der Waals surface area contributed by atoms with Crippen molar-refractivity contribution in [2.75, 3.05) is 42.6 Å².